The van der Waals surface area contributed by atoms with E-state index in [2.05, 4.69) is 0 Å². The van der Waals surface area contributed by atoms with E-state index in [0.29, 0.717) is 0 Å². The van der Waals surface area contributed by atoms with Crippen molar-refractivity contribution in [3.05, 3.63) is 0 Å². The van der Waals surface area contributed by atoms with E-state index in [1.807, 2.05) is 0 Å². The van der Waals surface area contributed by atoms with Crippen molar-refractivity contribution >= 4 is 30.0 Å². The quantitative estimate of drug-likeness (QED) is 0.310. The molecule has 0 unspecified atom stereocenters. The third-order valence-electron chi connectivity index (χ3n) is 0. The molecule has 0 aliphatic carbocycles. The van der Waals surface area contributed by atoms with Crippen molar-refractivity contribution < 1.29 is 62.0 Å². The molecule has 0 spiro atoms. The summed E-state index contributed by atoms with van der Waals surface area (Å²) in [7, 11) is 0. The van der Waals surface area contributed by atoms with Gasteiger partial charge in [-0.2, -0.15) is 0 Å². The zero-order valence-electron chi connectivity index (χ0n) is 4.41. The molecular weight excluding hydrogens is 154 g/mol. The van der Waals surface area contributed by atoms with Crippen LogP contribution in [0.25, 0.3) is 0 Å². The van der Waals surface area contributed by atoms with Crippen molar-refractivity contribution in [2.45, 2.75) is 0 Å². The van der Waals surface area contributed by atoms with Crippen molar-refractivity contribution in [2.75, 3.05) is 0 Å². The Hall–Kier alpha value is 2.83. The monoisotopic (exact) mass is 162 g/mol. The summed E-state index contributed by atoms with van der Waals surface area (Å²) in [6.45, 7) is 0. The van der Waals surface area contributed by atoms with E-state index < -0.39 is 0 Å². The fourth-order valence-corrected chi connectivity index (χ4v) is 0. The summed E-state index contributed by atoms with van der Waals surface area (Å²) in [4.78, 5) is 0. The molecule has 0 aliphatic rings. The first-order valence-corrected chi connectivity index (χ1v) is 0. The molecule has 4 heteroatoms. The van der Waals surface area contributed by atoms with Gasteiger partial charge in [-0.1, -0.05) is 0 Å². The Balaban J connectivity index is 0. The van der Waals surface area contributed by atoms with Gasteiger partial charge in [-0.3, -0.25) is 0 Å². The predicted octanol–water partition coefficient (Wildman–Crippen LogP) is -6.80. The van der Waals surface area contributed by atoms with E-state index >= 15 is 0 Å². The van der Waals surface area contributed by atoms with Gasteiger partial charge in [0.2, 0.25) is 0 Å². The summed E-state index contributed by atoms with van der Waals surface area (Å²) in [5.41, 5.74) is 0. The van der Waals surface area contributed by atoms with E-state index in [1.165, 1.54) is 0 Å². The molecule has 0 saturated heterocycles. The molecule has 0 nitrogen and oxygen atoms in total. The van der Waals surface area contributed by atoms with E-state index in [4.69, 9.17) is 0 Å². The van der Waals surface area contributed by atoms with Crippen LogP contribution in [0.15, 0.2) is 0 Å². The zero-order chi connectivity index (χ0) is 0. The first kappa shape index (κ1) is 29.0. The molecule has 0 radical (unpaired) electrons. The third kappa shape index (κ3) is 8.85. The normalized spacial score (nSPS) is 0. The molecule has 4 heavy (non-hydrogen) atoms. The zero-order valence-corrected chi connectivity index (χ0v) is 7.22. The smallest absolute Gasteiger partial charge is 1.00 e. The molecule has 0 aliphatic heterocycles. The summed E-state index contributed by atoms with van der Waals surface area (Å²) in [6, 6.07) is 0. The minimum absolute atomic E-state index is 0. The first-order chi connectivity index (χ1) is 0. The third-order valence-corrected chi connectivity index (χ3v) is 0. The minimum atomic E-state index is 0. The van der Waals surface area contributed by atoms with Crippen molar-refractivity contribution in [3.8, 4) is 0 Å². The summed E-state index contributed by atoms with van der Waals surface area (Å²) in [5, 5.41) is 0. The summed E-state index contributed by atoms with van der Waals surface area (Å²) < 4.78 is 0. The number of halogens is 1. The summed E-state index contributed by atoms with van der Waals surface area (Å²) >= 11 is 0. The molecule has 0 rings (SSSR count). The van der Waals surface area contributed by atoms with Crippen LogP contribution in [-0.4, -0.2) is 17.6 Å². The van der Waals surface area contributed by atoms with Crippen molar-refractivity contribution in [1.29, 1.82) is 0 Å². The Morgan fingerprint density at radius 1 is 1.00 bits per heavy atom. The van der Waals surface area contributed by atoms with Gasteiger partial charge in [0, 0.05) is 0 Å². The molecule has 0 aromatic heterocycles. The van der Waals surface area contributed by atoms with Crippen LogP contribution < -0.4 is 59.1 Å². The van der Waals surface area contributed by atoms with E-state index in [1.54, 1.807) is 0 Å². The van der Waals surface area contributed by atoms with Crippen LogP contribution in [0.1, 0.15) is 2.85 Å². The van der Waals surface area contributed by atoms with Gasteiger partial charge < -0.3 is 2.85 Å². The SMILES string of the molecule is Cl.[GeH4].[H-].[H-].[Na+].[Na+]. The molecule has 0 N–H and O–H groups in total. The molecule has 0 amide bonds. The maximum atomic E-state index is 0. The van der Waals surface area contributed by atoms with Crippen LogP contribution in [0.2, 0.25) is 0 Å². The van der Waals surface area contributed by atoms with Gasteiger partial charge in [-0.15, -0.1) is 12.4 Å². The summed E-state index contributed by atoms with van der Waals surface area (Å²) in [6.07, 6.45) is 0. The second kappa shape index (κ2) is 17.0. The van der Waals surface area contributed by atoms with Gasteiger partial charge in [-0.05, 0) is 0 Å². The fourth-order valence-electron chi connectivity index (χ4n) is 0. The predicted molar refractivity (Wildman–Crippen MR) is 20.8 cm³/mol. The standard InChI is InChI=1S/ClH.GeH4.2Na.2H/h1H;1H4;;;;/q;;2*+1;2*-1. The second-order valence-electron chi connectivity index (χ2n) is 0. The van der Waals surface area contributed by atoms with Crippen LogP contribution in [-0.2, 0) is 0 Å². The minimum Gasteiger partial charge on any atom is -1.00 e. The van der Waals surface area contributed by atoms with Gasteiger partial charge in [0.05, 0.1) is 0 Å². The van der Waals surface area contributed by atoms with Crippen molar-refractivity contribution in [1.82, 2.24) is 0 Å². The molecule has 0 aromatic carbocycles. The average molecular weight is 161 g/mol. The van der Waals surface area contributed by atoms with E-state index in [-0.39, 0.29) is 92.0 Å². The van der Waals surface area contributed by atoms with Gasteiger partial charge in [0.25, 0.3) is 0 Å². The van der Waals surface area contributed by atoms with Gasteiger partial charge >= 0.3 is 76.7 Å². The number of hydrogen-bond donors (Lipinski definition) is 0. The Bertz CT molecular complexity index is 11.5. The first-order valence-electron chi connectivity index (χ1n) is 0. The molecule has 20 valence electrons. The van der Waals surface area contributed by atoms with Crippen LogP contribution in [0.3, 0.4) is 0 Å². The van der Waals surface area contributed by atoms with Crippen LogP contribution in [0.4, 0.5) is 0 Å². The molecular formula is H7ClGeNa2. The second-order valence-corrected chi connectivity index (χ2v) is 0. The topological polar surface area (TPSA) is 0 Å². The van der Waals surface area contributed by atoms with Crippen molar-refractivity contribution in [2.24, 2.45) is 0 Å². The fraction of sp³-hybridized carbons (Fsp3) is 0. The Kier molecular flexibility index (Phi) is 123. The van der Waals surface area contributed by atoms with Gasteiger partial charge in [0.15, 0.2) is 0 Å². The molecule has 0 saturated carbocycles. The Morgan fingerprint density at radius 3 is 1.00 bits per heavy atom. The molecule has 0 fully saturated rings. The Labute approximate surface area is 90.4 Å². The molecule has 0 heterocycles. The van der Waals surface area contributed by atoms with E-state index in [0.717, 1.165) is 0 Å². The largest absolute Gasteiger partial charge is 1.00 e. The Morgan fingerprint density at radius 2 is 1.00 bits per heavy atom. The maximum Gasteiger partial charge on any atom is 1.00 e. The molecule has 0 aromatic rings. The number of hydrogen-bond acceptors (Lipinski definition) is 0. The molecule has 0 bridgehead atoms. The number of rotatable bonds is 0. The van der Waals surface area contributed by atoms with Gasteiger partial charge in [0.1, 0.15) is 0 Å². The van der Waals surface area contributed by atoms with Crippen LogP contribution in [0, 0.1) is 0 Å². The van der Waals surface area contributed by atoms with Crippen LogP contribution in [0.5, 0.6) is 0 Å². The van der Waals surface area contributed by atoms with Gasteiger partial charge in [-0.25, -0.2) is 0 Å². The average Bonchev–Trinajstić information content (AvgIpc) is 0. The molecule has 0 atom stereocenters. The maximum absolute atomic E-state index is 0. The van der Waals surface area contributed by atoms with Crippen molar-refractivity contribution in [3.63, 3.8) is 0 Å². The van der Waals surface area contributed by atoms with Crippen LogP contribution >= 0.6 is 12.4 Å². The van der Waals surface area contributed by atoms with E-state index in [9.17, 15) is 0 Å². The summed E-state index contributed by atoms with van der Waals surface area (Å²) in [5.74, 6) is 0.